The lowest BCUT2D eigenvalue weighted by atomic mass is 9.90. The molecule has 2 aliphatic rings. The summed E-state index contributed by atoms with van der Waals surface area (Å²) in [7, 11) is 0. The van der Waals surface area contributed by atoms with Gasteiger partial charge in [-0.2, -0.15) is 0 Å². The Labute approximate surface area is 103 Å². The predicted octanol–water partition coefficient (Wildman–Crippen LogP) is 2.68. The Morgan fingerprint density at radius 3 is 3.11 bits per heavy atom. The van der Waals surface area contributed by atoms with Gasteiger partial charge >= 0.3 is 0 Å². The number of aromatic nitrogens is 1. The van der Waals surface area contributed by atoms with E-state index in [2.05, 4.69) is 11.4 Å². The van der Waals surface area contributed by atoms with Crippen LogP contribution < -0.4 is 5.32 Å². The summed E-state index contributed by atoms with van der Waals surface area (Å²) in [5, 5.41) is 3.81. The third-order valence-electron chi connectivity index (χ3n) is 3.90. The van der Waals surface area contributed by atoms with Crippen molar-refractivity contribution in [3.63, 3.8) is 0 Å². The summed E-state index contributed by atoms with van der Waals surface area (Å²) in [5.74, 6) is -1.50. The van der Waals surface area contributed by atoms with Crippen molar-refractivity contribution < 1.29 is 8.78 Å². The number of fused-ring (bicyclic) bond motifs is 2. The highest BCUT2D eigenvalue weighted by Crippen LogP contribution is 2.36. The average Bonchev–Trinajstić information content (AvgIpc) is 2.80. The first-order valence-electron chi connectivity index (χ1n) is 6.16. The molecule has 1 unspecified atom stereocenters. The molecule has 1 aromatic heterocycles. The molecule has 1 N–H and O–H groups in total. The monoisotopic (exact) mass is 246 g/mol. The van der Waals surface area contributed by atoms with Crippen molar-refractivity contribution in [1.29, 1.82) is 0 Å². The molecule has 4 rings (SSSR count). The zero-order chi connectivity index (χ0) is 12.3. The molecule has 0 aliphatic carbocycles. The van der Waals surface area contributed by atoms with Gasteiger partial charge in [-0.25, -0.2) is 8.78 Å². The van der Waals surface area contributed by atoms with Crippen LogP contribution in [0.3, 0.4) is 0 Å². The molecule has 4 heteroatoms. The zero-order valence-corrected chi connectivity index (χ0v) is 9.71. The molecule has 2 nitrogen and oxygen atoms in total. The predicted molar refractivity (Wildman–Crippen MR) is 66.2 cm³/mol. The second-order valence-corrected chi connectivity index (χ2v) is 4.91. The molecule has 18 heavy (non-hydrogen) atoms. The minimum Gasteiger partial charge on any atom is -0.345 e. The van der Waals surface area contributed by atoms with E-state index in [0.29, 0.717) is 5.39 Å². The second-order valence-electron chi connectivity index (χ2n) is 4.91. The van der Waals surface area contributed by atoms with E-state index in [1.54, 1.807) is 6.07 Å². The SMILES string of the molecule is Fc1cc2c3c(ccn3CC3NCCC=C23)c1F. The highest BCUT2D eigenvalue weighted by Gasteiger charge is 2.28. The first-order chi connectivity index (χ1) is 8.75. The maximum Gasteiger partial charge on any atom is 0.168 e. The number of rotatable bonds is 0. The van der Waals surface area contributed by atoms with E-state index in [9.17, 15) is 8.78 Å². The van der Waals surface area contributed by atoms with Gasteiger partial charge in [0.25, 0.3) is 0 Å². The van der Waals surface area contributed by atoms with E-state index in [1.165, 1.54) is 6.07 Å². The molecule has 0 spiro atoms. The highest BCUT2D eigenvalue weighted by molar-refractivity contribution is 5.95. The van der Waals surface area contributed by atoms with Crippen LogP contribution in [-0.4, -0.2) is 17.2 Å². The fourth-order valence-electron chi connectivity index (χ4n) is 3.10. The van der Waals surface area contributed by atoms with Gasteiger partial charge in [0.15, 0.2) is 11.6 Å². The Balaban J connectivity index is 2.11. The summed E-state index contributed by atoms with van der Waals surface area (Å²) < 4.78 is 29.4. The summed E-state index contributed by atoms with van der Waals surface area (Å²) >= 11 is 0. The van der Waals surface area contributed by atoms with Crippen LogP contribution >= 0.6 is 0 Å². The number of halogens is 2. The van der Waals surface area contributed by atoms with Crippen molar-refractivity contribution in [3.8, 4) is 0 Å². The van der Waals surface area contributed by atoms with Crippen molar-refractivity contribution in [1.82, 2.24) is 9.88 Å². The summed E-state index contributed by atoms with van der Waals surface area (Å²) in [6.07, 6.45) is 4.92. The molecule has 92 valence electrons. The van der Waals surface area contributed by atoms with Crippen LogP contribution in [0.4, 0.5) is 8.78 Å². The molecule has 1 atom stereocenters. The topological polar surface area (TPSA) is 17.0 Å². The molecule has 2 aliphatic heterocycles. The molecule has 0 fully saturated rings. The van der Waals surface area contributed by atoms with E-state index in [1.807, 2.05) is 10.8 Å². The van der Waals surface area contributed by atoms with Gasteiger partial charge in [0, 0.05) is 23.7 Å². The lowest BCUT2D eigenvalue weighted by molar-refractivity contribution is 0.504. The number of hydrogen-bond acceptors (Lipinski definition) is 1. The van der Waals surface area contributed by atoms with E-state index in [-0.39, 0.29) is 6.04 Å². The Kier molecular flexibility index (Phi) is 1.95. The van der Waals surface area contributed by atoms with Crippen molar-refractivity contribution in [2.24, 2.45) is 0 Å². The first-order valence-corrected chi connectivity index (χ1v) is 6.16. The molecule has 3 heterocycles. The molecule has 1 aromatic carbocycles. The Bertz CT molecular complexity index is 685. The van der Waals surface area contributed by atoms with E-state index in [0.717, 1.165) is 36.2 Å². The summed E-state index contributed by atoms with van der Waals surface area (Å²) in [4.78, 5) is 0. The lowest BCUT2D eigenvalue weighted by Crippen LogP contribution is -2.39. The van der Waals surface area contributed by atoms with Gasteiger partial charge in [-0.15, -0.1) is 0 Å². The Morgan fingerprint density at radius 2 is 2.22 bits per heavy atom. The molecule has 0 amide bonds. The molecular weight excluding hydrogens is 234 g/mol. The van der Waals surface area contributed by atoms with Crippen LogP contribution in [0.2, 0.25) is 0 Å². The normalized spacial score (nSPS) is 21.9. The maximum absolute atomic E-state index is 13.8. The van der Waals surface area contributed by atoms with E-state index < -0.39 is 11.6 Å². The fourth-order valence-corrected chi connectivity index (χ4v) is 3.10. The second kappa shape index (κ2) is 3.42. The van der Waals surface area contributed by atoms with Crippen molar-refractivity contribution >= 4 is 16.5 Å². The minimum atomic E-state index is -0.762. The molecule has 0 saturated heterocycles. The highest BCUT2D eigenvalue weighted by atomic mass is 19.2. The summed E-state index contributed by atoms with van der Waals surface area (Å²) in [5.41, 5.74) is 2.76. The Hall–Kier alpha value is -1.68. The first kappa shape index (κ1) is 10.3. The van der Waals surface area contributed by atoms with Gasteiger partial charge in [-0.3, -0.25) is 0 Å². The van der Waals surface area contributed by atoms with Gasteiger partial charge < -0.3 is 9.88 Å². The van der Waals surface area contributed by atoms with Crippen LogP contribution in [0.1, 0.15) is 12.0 Å². The van der Waals surface area contributed by atoms with Crippen LogP contribution in [0.25, 0.3) is 16.5 Å². The lowest BCUT2D eigenvalue weighted by Gasteiger charge is -2.31. The van der Waals surface area contributed by atoms with Crippen LogP contribution in [0.15, 0.2) is 24.4 Å². The molecule has 0 saturated carbocycles. The van der Waals surface area contributed by atoms with Crippen molar-refractivity contribution in [2.75, 3.05) is 6.54 Å². The van der Waals surface area contributed by atoms with Gasteiger partial charge in [0.1, 0.15) is 0 Å². The number of hydrogen-bond donors (Lipinski definition) is 1. The minimum absolute atomic E-state index is 0.215. The quantitative estimate of drug-likeness (QED) is 0.756. The number of nitrogens with one attached hydrogen (secondary N) is 1. The molecular formula is C14H12F2N2. The fraction of sp³-hybridized carbons (Fsp3) is 0.286. The molecule has 0 bridgehead atoms. The number of benzene rings is 1. The van der Waals surface area contributed by atoms with Gasteiger partial charge in [-0.1, -0.05) is 6.08 Å². The summed E-state index contributed by atoms with van der Waals surface area (Å²) in [6.45, 7) is 1.73. The van der Waals surface area contributed by atoms with E-state index >= 15 is 0 Å². The van der Waals surface area contributed by atoms with Gasteiger partial charge in [-0.05, 0) is 30.7 Å². The molecule has 2 aromatic rings. The van der Waals surface area contributed by atoms with Crippen LogP contribution in [0, 0.1) is 11.6 Å². The van der Waals surface area contributed by atoms with Gasteiger partial charge in [0.05, 0.1) is 11.6 Å². The third-order valence-corrected chi connectivity index (χ3v) is 3.90. The largest absolute Gasteiger partial charge is 0.345 e. The van der Waals surface area contributed by atoms with Crippen molar-refractivity contribution in [2.45, 2.75) is 19.0 Å². The third kappa shape index (κ3) is 1.18. The maximum atomic E-state index is 13.8. The standard InChI is InChI=1S/C14H12F2N2/c15-11-6-10-8-2-1-4-17-12(8)7-18-5-3-9(13(11)16)14(10)18/h2-3,5-6,12,17H,1,4,7H2. The van der Waals surface area contributed by atoms with Crippen LogP contribution in [0.5, 0.6) is 0 Å². The molecule has 0 radical (unpaired) electrons. The zero-order valence-electron chi connectivity index (χ0n) is 9.71. The smallest absolute Gasteiger partial charge is 0.168 e. The number of nitrogens with zero attached hydrogens (tertiary/aromatic N) is 1. The van der Waals surface area contributed by atoms with Crippen LogP contribution in [-0.2, 0) is 6.54 Å². The van der Waals surface area contributed by atoms with E-state index in [4.69, 9.17) is 0 Å². The van der Waals surface area contributed by atoms with Crippen molar-refractivity contribution in [3.05, 3.63) is 41.6 Å². The average molecular weight is 246 g/mol. The van der Waals surface area contributed by atoms with Gasteiger partial charge in [0.2, 0.25) is 0 Å². The summed E-state index contributed by atoms with van der Waals surface area (Å²) in [6, 6.07) is 3.21. The Morgan fingerprint density at radius 1 is 1.33 bits per heavy atom.